The molecule has 6 heteroatoms. The van der Waals surface area contributed by atoms with Gasteiger partial charge < -0.3 is 10.2 Å². The molecule has 0 spiro atoms. The van der Waals surface area contributed by atoms with Crippen LogP contribution in [0.2, 0.25) is 10.0 Å². The smallest absolute Gasteiger partial charge is 0.251 e. The normalized spacial score (nSPS) is 14.1. The number of anilines is 1. The van der Waals surface area contributed by atoms with Crippen LogP contribution in [-0.4, -0.2) is 18.4 Å². The number of nitrogens with zero attached hydrogens (tertiary/aromatic N) is 1. The van der Waals surface area contributed by atoms with Crippen LogP contribution in [-0.2, 0) is 11.3 Å². The third-order valence-electron chi connectivity index (χ3n) is 3.95. The van der Waals surface area contributed by atoms with Crippen LogP contribution in [0, 0.1) is 0 Å². The highest BCUT2D eigenvalue weighted by Crippen LogP contribution is 2.23. The Bertz CT molecular complexity index is 775. The van der Waals surface area contributed by atoms with Gasteiger partial charge in [0.15, 0.2) is 0 Å². The first-order valence-corrected chi connectivity index (χ1v) is 8.43. The molecule has 0 saturated carbocycles. The Labute approximate surface area is 150 Å². The predicted molar refractivity (Wildman–Crippen MR) is 95.7 cm³/mol. The molecule has 2 aromatic carbocycles. The molecule has 0 radical (unpaired) electrons. The Morgan fingerprint density at radius 3 is 2.46 bits per heavy atom. The summed E-state index contributed by atoms with van der Waals surface area (Å²) in [5, 5.41) is 3.78. The summed E-state index contributed by atoms with van der Waals surface area (Å²) in [5.41, 5.74) is 2.25. The Kier molecular flexibility index (Phi) is 5.07. The van der Waals surface area contributed by atoms with Crippen molar-refractivity contribution < 1.29 is 9.59 Å². The fourth-order valence-electron chi connectivity index (χ4n) is 2.65. The molecule has 0 atom stereocenters. The zero-order valence-corrected chi connectivity index (χ0v) is 14.4. The number of carbonyl (C=O) groups excluding carboxylic acids is 2. The predicted octanol–water partition coefficient (Wildman–Crippen LogP) is 4.05. The second-order valence-electron chi connectivity index (χ2n) is 5.63. The summed E-state index contributed by atoms with van der Waals surface area (Å²) in [6.07, 6.45) is 1.47. The van der Waals surface area contributed by atoms with E-state index in [0.717, 1.165) is 24.2 Å². The summed E-state index contributed by atoms with van der Waals surface area (Å²) >= 11 is 11.8. The minimum Gasteiger partial charge on any atom is -0.348 e. The average molecular weight is 363 g/mol. The third-order valence-corrected chi connectivity index (χ3v) is 4.69. The largest absolute Gasteiger partial charge is 0.348 e. The maximum atomic E-state index is 12.2. The van der Waals surface area contributed by atoms with Crippen LogP contribution in [0.3, 0.4) is 0 Å². The summed E-state index contributed by atoms with van der Waals surface area (Å²) in [7, 11) is 0. The van der Waals surface area contributed by atoms with Crippen molar-refractivity contribution in [3.8, 4) is 0 Å². The molecule has 0 bridgehead atoms. The van der Waals surface area contributed by atoms with E-state index in [0.29, 0.717) is 28.6 Å². The molecule has 0 unspecified atom stereocenters. The molecule has 2 amide bonds. The second-order valence-corrected chi connectivity index (χ2v) is 6.44. The first kappa shape index (κ1) is 16.8. The fraction of sp³-hybridized carbons (Fsp3) is 0.222. The highest BCUT2D eigenvalue weighted by Gasteiger charge is 2.21. The van der Waals surface area contributed by atoms with Crippen molar-refractivity contribution in [2.24, 2.45) is 0 Å². The highest BCUT2D eigenvalue weighted by molar-refractivity contribution is 6.42. The van der Waals surface area contributed by atoms with Crippen molar-refractivity contribution in [1.82, 2.24) is 5.32 Å². The van der Waals surface area contributed by atoms with E-state index in [1.807, 2.05) is 6.07 Å². The van der Waals surface area contributed by atoms with Gasteiger partial charge in [0.2, 0.25) is 5.91 Å². The number of carbonyl (C=O) groups is 2. The van der Waals surface area contributed by atoms with E-state index in [2.05, 4.69) is 5.32 Å². The maximum Gasteiger partial charge on any atom is 0.251 e. The average Bonchev–Trinajstić information content (AvgIpc) is 3.02. The van der Waals surface area contributed by atoms with E-state index < -0.39 is 0 Å². The van der Waals surface area contributed by atoms with Crippen LogP contribution in [0.1, 0.15) is 28.8 Å². The molecule has 1 aliphatic rings. The van der Waals surface area contributed by atoms with Gasteiger partial charge in [-0.1, -0.05) is 29.3 Å². The molecule has 3 rings (SSSR count). The zero-order chi connectivity index (χ0) is 17.1. The summed E-state index contributed by atoms with van der Waals surface area (Å²) in [5.74, 6) is -0.0489. The Balaban J connectivity index is 1.62. The van der Waals surface area contributed by atoms with Crippen LogP contribution in [0.15, 0.2) is 42.5 Å². The van der Waals surface area contributed by atoms with Crippen LogP contribution in [0.5, 0.6) is 0 Å². The summed E-state index contributed by atoms with van der Waals surface area (Å²) in [6, 6.07) is 12.3. The number of halogens is 2. The molecular weight excluding hydrogens is 347 g/mol. The Hall–Kier alpha value is -2.04. The van der Waals surface area contributed by atoms with Crippen molar-refractivity contribution in [3.63, 3.8) is 0 Å². The maximum absolute atomic E-state index is 12.2. The van der Waals surface area contributed by atoms with Gasteiger partial charge in [-0.2, -0.15) is 0 Å². The number of nitrogens with one attached hydrogen (secondary N) is 1. The molecule has 1 N–H and O–H groups in total. The number of amides is 2. The van der Waals surface area contributed by atoms with Crippen molar-refractivity contribution >= 4 is 40.7 Å². The van der Waals surface area contributed by atoms with E-state index in [1.54, 1.807) is 41.3 Å². The summed E-state index contributed by atoms with van der Waals surface area (Å²) < 4.78 is 0. The van der Waals surface area contributed by atoms with Gasteiger partial charge in [0.1, 0.15) is 0 Å². The minimum absolute atomic E-state index is 0.131. The first-order valence-electron chi connectivity index (χ1n) is 7.67. The minimum atomic E-state index is -0.180. The lowest BCUT2D eigenvalue weighted by atomic mass is 10.1. The zero-order valence-electron chi connectivity index (χ0n) is 12.9. The molecule has 1 aliphatic heterocycles. The molecule has 24 heavy (non-hydrogen) atoms. The van der Waals surface area contributed by atoms with Gasteiger partial charge in [-0.05, 0) is 48.4 Å². The topological polar surface area (TPSA) is 49.4 Å². The van der Waals surface area contributed by atoms with E-state index in [1.165, 1.54) is 0 Å². The van der Waals surface area contributed by atoms with Gasteiger partial charge >= 0.3 is 0 Å². The lowest BCUT2D eigenvalue weighted by Gasteiger charge is -2.15. The number of hydrogen-bond donors (Lipinski definition) is 1. The van der Waals surface area contributed by atoms with Crippen molar-refractivity contribution in [2.45, 2.75) is 19.4 Å². The molecule has 2 aromatic rings. The van der Waals surface area contributed by atoms with E-state index in [4.69, 9.17) is 23.2 Å². The van der Waals surface area contributed by atoms with Crippen molar-refractivity contribution in [2.75, 3.05) is 11.4 Å². The summed E-state index contributed by atoms with van der Waals surface area (Å²) in [6.45, 7) is 1.10. The van der Waals surface area contributed by atoms with Gasteiger partial charge in [-0.3, -0.25) is 9.59 Å². The SMILES string of the molecule is O=C(NCc1ccc(Cl)c(Cl)c1)c1ccc(N2CCCC2=O)cc1. The molecule has 1 saturated heterocycles. The molecular formula is C18H16Cl2N2O2. The molecule has 4 nitrogen and oxygen atoms in total. The quantitative estimate of drug-likeness (QED) is 0.891. The number of hydrogen-bond acceptors (Lipinski definition) is 2. The second kappa shape index (κ2) is 7.24. The fourth-order valence-corrected chi connectivity index (χ4v) is 2.97. The van der Waals surface area contributed by atoms with Gasteiger partial charge in [0.05, 0.1) is 10.0 Å². The monoisotopic (exact) mass is 362 g/mol. The van der Waals surface area contributed by atoms with E-state index in [9.17, 15) is 9.59 Å². The summed E-state index contributed by atoms with van der Waals surface area (Å²) in [4.78, 5) is 25.7. The van der Waals surface area contributed by atoms with Crippen LogP contribution >= 0.6 is 23.2 Å². The molecule has 0 aliphatic carbocycles. The molecule has 1 fully saturated rings. The standard InChI is InChI=1S/C18H16Cl2N2O2/c19-15-8-3-12(10-16(15)20)11-21-18(24)13-4-6-14(7-5-13)22-9-1-2-17(22)23/h3-8,10H,1-2,9,11H2,(H,21,24). The Morgan fingerprint density at radius 2 is 1.83 bits per heavy atom. The molecule has 124 valence electrons. The highest BCUT2D eigenvalue weighted by atomic mass is 35.5. The van der Waals surface area contributed by atoms with Gasteiger partial charge in [0.25, 0.3) is 5.91 Å². The van der Waals surface area contributed by atoms with Crippen molar-refractivity contribution in [3.05, 3.63) is 63.6 Å². The third kappa shape index (κ3) is 3.71. The van der Waals surface area contributed by atoms with Gasteiger partial charge in [-0.15, -0.1) is 0 Å². The first-order chi connectivity index (χ1) is 11.5. The lowest BCUT2D eigenvalue weighted by Crippen LogP contribution is -2.25. The lowest BCUT2D eigenvalue weighted by molar-refractivity contribution is -0.117. The van der Waals surface area contributed by atoms with Gasteiger partial charge in [-0.25, -0.2) is 0 Å². The Morgan fingerprint density at radius 1 is 1.08 bits per heavy atom. The van der Waals surface area contributed by atoms with Crippen molar-refractivity contribution in [1.29, 1.82) is 0 Å². The molecule has 1 heterocycles. The van der Waals surface area contributed by atoms with Gasteiger partial charge in [0, 0.05) is 30.8 Å². The van der Waals surface area contributed by atoms with Crippen LogP contribution < -0.4 is 10.2 Å². The van der Waals surface area contributed by atoms with E-state index in [-0.39, 0.29) is 11.8 Å². The number of rotatable bonds is 4. The van der Waals surface area contributed by atoms with E-state index >= 15 is 0 Å². The van der Waals surface area contributed by atoms with Crippen LogP contribution in [0.25, 0.3) is 0 Å². The van der Waals surface area contributed by atoms with Crippen LogP contribution in [0.4, 0.5) is 5.69 Å². The molecule has 0 aromatic heterocycles. The number of benzene rings is 2.